The number of pyridine rings is 2. The molecule has 178 valence electrons. The number of amides is 1. The fourth-order valence-corrected chi connectivity index (χ4v) is 4.40. The van der Waals surface area contributed by atoms with Crippen molar-refractivity contribution in [3.63, 3.8) is 0 Å². The van der Waals surface area contributed by atoms with Crippen LogP contribution in [0.4, 0.5) is 17.6 Å². The van der Waals surface area contributed by atoms with Gasteiger partial charge in [-0.1, -0.05) is 0 Å². The molecule has 10 nitrogen and oxygen atoms in total. The van der Waals surface area contributed by atoms with Gasteiger partial charge in [-0.15, -0.1) is 0 Å². The van der Waals surface area contributed by atoms with Gasteiger partial charge in [-0.2, -0.15) is 9.97 Å². The van der Waals surface area contributed by atoms with Gasteiger partial charge in [0.15, 0.2) is 5.65 Å². The van der Waals surface area contributed by atoms with Gasteiger partial charge >= 0.3 is 0 Å². The molecule has 1 N–H and O–H groups in total. The SMILES string of the molecule is CC(=O)Nc1cc(-c2ccc3c(N4CCOC[C@@H]4C)nc(N4CCOC[C@@H]4C)nc3n2)ccn1. The molecular formula is C24H29N7O3. The Bertz CT molecular complexity index is 1200. The van der Waals surface area contributed by atoms with Crippen molar-refractivity contribution in [1.29, 1.82) is 0 Å². The third kappa shape index (κ3) is 4.51. The van der Waals surface area contributed by atoms with Gasteiger partial charge in [0, 0.05) is 31.8 Å². The van der Waals surface area contributed by atoms with Gasteiger partial charge in [0.2, 0.25) is 11.9 Å². The van der Waals surface area contributed by atoms with Crippen LogP contribution in [0.15, 0.2) is 30.5 Å². The largest absolute Gasteiger partial charge is 0.377 e. The standard InChI is InChI=1S/C24H29N7O3/c1-15-13-33-10-8-30(15)23-19-4-5-20(18-6-7-25-21(12-18)26-17(3)32)27-22(19)28-24(29-23)31-9-11-34-14-16(31)2/h4-7,12,15-16H,8-11,13-14H2,1-3H3,(H,25,26,32)/t15-,16-/m0/s1. The molecule has 3 aromatic rings. The maximum absolute atomic E-state index is 11.5. The Kier molecular flexibility index (Phi) is 6.25. The number of carbonyl (C=O) groups excluding carboxylic acids is 1. The zero-order chi connectivity index (χ0) is 23.7. The van der Waals surface area contributed by atoms with Crippen LogP contribution in [-0.4, -0.2) is 77.4 Å². The zero-order valence-electron chi connectivity index (χ0n) is 19.7. The van der Waals surface area contributed by atoms with Crippen molar-refractivity contribution in [2.75, 3.05) is 54.6 Å². The predicted octanol–water partition coefficient (Wildman–Crippen LogP) is 2.50. The third-order valence-corrected chi connectivity index (χ3v) is 6.15. The lowest BCUT2D eigenvalue weighted by Crippen LogP contribution is -2.46. The molecule has 2 aliphatic rings. The maximum atomic E-state index is 11.5. The van der Waals surface area contributed by atoms with Crippen molar-refractivity contribution in [3.8, 4) is 11.3 Å². The quantitative estimate of drug-likeness (QED) is 0.625. The molecular weight excluding hydrogens is 434 g/mol. The first kappa shape index (κ1) is 22.4. The fourth-order valence-electron chi connectivity index (χ4n) is 4.40. The lowest BCUT2D eigenvalue weighted by atomic mass is 10.1. The second kappa shape index (κ2) is 9.47. The van der Waals surface area contributed by atoms with E-state index in [9.17, 15) is 4.79 Å². The van der Waals surface area contributed by atoms with E-state index in [1.165, 1.54) is 6.92 Å². The average molecular weight is 464 g/mol. The van der Waals surface area contributed by atoms with Crippen LogP contribution in [0, 0.1) is 0 Å². The molecule has 2 saturated heterocycles. The van der Waals surface area contributed by atoms with E-state index in [0.717, 1.165) is 35.6 Å². The average Bonchev–Trinajstić information content (AvgIpc) is 2.83. The normalized spacial score (nSPS) is 21.0. The van der Waals surface area contributed by atoms with Crippen LogP contribution in [0.3, 0.4) is 0 Å². The molecule has 1 amide bonds. The summed E-state index contributed by atoms with van der Waals surface area (Å²) in [6.07, 6.45) is 1.66. The zero-order valence-corrected chi connectivity index (χ0v) is 19.7. The summed E-state index contributed by atoms with van der Waals surface area (Å²) in [7, 11) is 0. The molecule has 0 saturated carbocycles. The van der Waals surface area contributed by atoms with Crippen LogP contribution in [0.1, 0.15) is 20.8 Å². The Morgan fingerprint density at radius 2 is 1.74 bits per heavy atom. The van der Waals surface area contributed by atoms with E-state index in [4.69, 9.17) is 24.4 Å². The molecule has 34 heavy (non-hydrogen) atoms. The number of carbonyl (C=O) groups is 1. The smallest absolute Gasteiger partial charge is 0.229 e. The Morgan fingerprint density at radius 3 is 2.44 bits per heavy atom. The van der Waals surface area contributed by atoms with Gasteiger partial charge in [-0.25, -0.2) is 9.97 Å². The summed E-state index contributed by atoms with van der Waals surface area (Å²) in [5, 5.41) is 3.63. The van der Waals surface area contributed by atoms with Crippen LogP contribution in [-0.2, 0) is 14.3 Å². The van der Waals surface area contributed by atoms with Gasteiger partial charge in [0.05, 0.1) is 49.6 Å². The molecule has 0 radical (unpaired) electrons. The first-order valence-electron chi connectivity index (χ1n) is 11.6. The molecule has 2 atom stereocenters. The number of anilines is 3. The molecule has 0 aromatic carbocycles. The first-order chi connectivity index (χ1) is 16.5. The Labute approximate surface area is 198 Å². The lowest BCUT2D eigenvalue weighted by molar-refractivity contribution is -0.114. The topological polar surface area (TPSA) is 106 Å². The van der Waals surface area contributed by atoms with Crippen molar-refractivity contribution < 1.29 is 14.3 Å². The van der Waals surface area contributed by atoms with Crippen LogP contribution in [0.5, 0.6) is 0 Å². The highest BCUT2D eigenvalue weighted by atomic mass is 16.5. The van der Waals surface area contributed by atoms with E-state index >= 15 is 0 Å². The van der Waals surface area contributed by atoms with Crippen molar-refractivity contribution in [2.45, 2.75) is 32.9 Å². The van der Waals surface area contributed by atoms with E-state index in [0.29, 0.717) is 43.8 Å². The molecule has 10 heteroatoms. The summed E-state index contributed by atoms with van der Waals surface area (Å²) in [4.78, 5) is 35.0. The second-order valence-corrected chi connectivity index (χ2v) is 8.76. The molecule has 2 fully saturated rings. The fraction of sp³-hybridized carbons (Fsp3) is 0.458. The Balaban J connectivity index is 1.62. The van der Waals surface area contributed by atoms with Gasteiger partial charge < -0.3 is 24.6 Å². The summed E-state index contributed by atoms with van der Waals surface area (Å²) in [6.45, 7) is 9.82. The van der Waals surface area contributed by atoms with Crippen LogP contribution in [0.25, 0.3) is 22.3 Å². The minimum Gasteiger partial charge on any atom is -0.377 e. The minimum atomic E-state index is -0.169. The molecule has 3 aromatic heterocycles. The summed E-state index contributed by atoms with van der Waals surface area (Å²) >= 11 is 0. The van der Waals surface area contributed by atoms with Crippen LogP contribution >= 0.6 is 0 Å². The number of hydrogen-bond donors (Lipinski definition) is 1. The van der Waals surface area contributed by atoms with Crippen molar-refractivity contribution in [2.24, 2.45) is 0 Å². The monoisotopic (exact) mass is 463 g/mol. The number of hydrogen-bond acceptors (Lipinski definition) is 9. The minimum absolute atomic E-state index is 0.169. The molecule has 5 rings (SSSR count). The summed E-state index contributed by atoms with van der Waals surface area (Å²) in [5.74, 6) is 1.86. The number of rotatable bonds is 4. The molecule has 0 unspecified atom stereocenters. The molecule has 0 spiro atoms. The number of fused-ring (bicyclic) bond motifs is 1. The van der Waals surface area contributed by atoms with Crippen molar-refractivity contribution in [3.05, 3.63) is 30.5 Å². The van der Waals surface area contributed by atoms with Crippen molar-refractivity contribution >= 4 is 34.5 Å². The number of ether oxygens (including phenoxy) is 2. The van der Waals surface area contributed by atoms with Crippen molar-refractivity contribution in [1.82, 2.24) is 19.9 Å². The highest BCUT2D eigenvalue weighted by Gasteiger charge is 2.27. The Hall–Kier alpha value is -3.37. The van der Waals surface area contributed by atoms with Crippen LogP contribution in [0.2, 0.25) is 0 Å². The summed E-state index contributed by atoms with van der Waals surface area (Å²) < 4.78 is 11.3. The third-order valence-electron chi connectivity index (χ3n) is 6.15. The lowest BCUT2D eigenvalue weighted by Gasteiger charge is -2.37. The van der Waals surface area contributed by atoms with Gasteiger partial charge in [0.1, 0.15) is 11.6 Å². The molecule has 0 bridgehead atoms. The van der Waals surface area contributed by atoms with E-state index in [1.54, 1.807) is 6.20 Å². The predicted molar refractivity (Wildman–Crippen MR) is 130 cm³/mol. The van der Waals surface area contributed by atoms with Crippen LogP contribution < -0.4 is 15.1 Å². The van der Waals surface area contributed by atoms with E-state index in [1.807, 2.05) is 24.3 Å². The summed E-state index contributed by atoms with van der Waals surface area (Å²) in [6, 6.07) is 8.04. The molecule has 0 aliphatic carbocycles. The molecule has 2 aliphatic heterocycles. The number of nitrogens with zero attached hydrogens (tertiary/aromatic N) is 6. The van der Waals surface area contributed by atoms with Gasteiger partial charge in [-0.3, -0.25) is 4.79 Å². The highest BCUT2D eigenvalue weighted by molar-refractivity contribution is 5.91. The van der Waals surface area contributed by atoms with E-state index in [2.05, 4.69) is 33.9 Å². The molecule has 5 heterocycles. The maximum Gasteiger partial charge on any atom is 0.229 e. The van der Waals surface area contributed by atoms with Gasteiger partial charge in [-0.05, 0) is 38.1 Å². The number of aromatic nitrogens is 4. The Morgan fingerprint density at radius 1 is 1.00 bits per heavy atom. The van der Waals surface area contributed by atoms with E-state index in [-0.39, 0.29) is 18.0 Å². The van der Waals surface area contributed by atoms with Gasteiger partial charge in [0.25, 0.3) is 0 Å². The second-order valence-electron chi connectivity index (χ2n) is 8.76. The highest BCUT2D eigenvalue weighted by Crippen LogP contribution is 2.31. The van der Waals surface area contributed by atoms with E-state index < -0.39 is 0 Å². The number of nitrogens with one attached hydrogen (secondary N) is 1. The first-order valence-corrected chi connectivity index (χ1v) is 11.6. The summed E-state index contributed by atoms with van der Waals surface area (Å²) in [5.41, 5.74) is 2.23. The number of morpholine rings is 2.